The lowest BCUT2D eigenvalue weighted by Crippen LogP contribution is -2.14. The fourth-order valence-corrected chi connectivity index (χ4v) is 4.02. The number of nitro groups is 1. The van der Waals surface area contributed by atoms with Crippen molar-refractivity contribution in [2.45, 2.75) is 4.90 Å². The molecule has 0 unspecified atom stereocenters. The van der Waals surface area contributed by atoms with E-state index in [0.29, 0.717) is 10.2 Å². The van der Waals surface area contributed by atoms with Crippen LogP contribution >= 0.6 is 11.3 Å². The molecule has 0 spiro atoms. The molecule has 0 aliphatic heterocycles. The lowest BCUT2D eigenvalue weighted by atomic mass is 10.1. The van der Waals surface area contributed by atoms with Crippen LogP contribution in [-0.4, -0.2) is 38.5 Å². The van der Waals surface area contributed by atoms with Crippen LogP contribution in [0.5, 0.6) is 11.5 Å². The molecule has 3 aromatic rings. The topological polar surface area (TPSA) is 164 Å². The Morgan fingerprint density at radius 3 is 2.45 bits per heavy atom. The number of hydrogen-bond acceptors (Lipinski definition) is 9. The van der Waals surface area contributed by atoms with Gasteiger partial charge in [-0.1, -0.05) is 11.3 Å². The number of nitrogens with one attached hydrogen (secondary N) is 1. The Balaban J connectivity index is 1.99. The number of thiazole rings is 1. The second-order valence-corrected chi connectivity index (χ2v) is 8.22. The second kappa shape index (κ2) is 7.62. The number of nitrogens with two attached hydrogens (primary N) is 1. The highest BCUT2D eigenvalue weighted by Crippen LogP contribution is 2.35. The van der Waals surface area contributed by atoms with E-state index in [1.165, 1.54) is 38.5 Å². The quantitative estimate of drug-likeness (QED) is 0.436. The number of rotatable bonds is 6. The number of amides is 1. The SMILES string of the molecule is COc1cc(C(=O)Nc2nc3ccc(S(N)(=O)=O)cc3s2)c([N+](=O)[O-])cc1OC. The van der Waals surface area contributed by atoms with Crippen molar-refractivity contribution in [3.05, 3.63) is 46.0 Å². The molecule has 152 valence electrons. The summed E-state index contributed by atoms with van der Waals surface area (Å²) in [7, 11) is -1.24. The van der Waals surface area contributed by atoms with E-state index in [0.717, 1.165) is 17.4 Å². The second-order valence-electron chi connectivity index (χ2n) is 5.63. The maximum Gasteiger partial charge on any atom is 0.286 e. The number of anilines is 1. The van der Waals surface area contributed by atoms with Gasteiger partial charge in [0.2, 0.25) is 10.0 Å². The summed E-state index contributed by atoms with van der Waals surface area (Å²) in [5.41, 5.74) is -0.297. The summed E-state index contributed by atoms with van der Waals surface area (Å²) in [4.78, 5) is 27.4. The minimum Gasteiger partial charge on any atom is -0.493 e. The van der Waals surface area contributed by atoms with E-state index in [2.05, 4.69) is 10.3 Å². The number of carbonyl (C=O) groups excluding carboxylic acids is 1. The predicted molar refractivity (Wildman–Crippen MR) is 105 cm³/mol. The molecule has 3 N–H and O–H groups in total. The molecule has 0 bridgehead atoms. The van der Waals surface area contributed by atoms with Crippen LogP contribution in [-0.2, 0) is 10.0 Å². The Kier molecular flexibility index (Phi) is 5.37. The number of carbonyl (C=O) groups is 1. The lowest BCUT2D eigenvalue weighted by Gasteiger charge is -2.10. The minimum absolute atomic E-state index is 0.0953. The Labute approximate surface area is 168 Å². The van der Waals surface area contributed by atoms with Gasteiger partial charge < -0.3 is 9.47 Å². The summed E-state index contributed by atoms with van der Waals surface area (Å²) in [6.45, 7) is 0. The van der Waals surface area contributed by atoms with Crippen LogP contribution in [0.3, 0.4) is 0 Å². The summed E-state index contributed by atoms with van der Waals surface area (Å²) >= 11 is 0.994. The van der Waals surface area contributed by atoms with Gasteiger partial charge in [0.25, 0.3) is 11.6 Å². The molecule has 2 aromatic carbocycles. The van der Waals surface area contributed by atoms with Gasteiger partial charge >= 0.3 is 0 Å². The van der Waals surface area contributed by atoms with Crippen LogP contribution < -0.4 is 19.9 Å². The number of primary sulfonamides is 1. The standard InChI is InChI=1S/C16H14N4O7S2/c1-26-12-6-9(11(20(22)23)7-13(12)27-2)15(21)19-16-18-10-4-3-8(29(17,24)25)5-14(10)28-16/h3-7H,1-2H3,(H2,17,24,25)(H,18,19,21). The largest absolute Gasteiger partial charge is 0.493 e. The molecule has 1 aromatic heterocycles. The van der Waals surface area contributed by atoms with Gasteiger partial charge in [-0.25, -0.2) is 18.5 Å². The predicted octanol–water partition coefficient (Wildman–Crippen LogP) is 2.12. The van der Waals surface area contributed by atoms with Gasteiger partial charge in [-0.05, 0) is 18.2 Å². The number of aromatic nitrogens is 1. The highest BCUT2D eigenvalue weighted by molar-refractivity contribution is 7.89. The summed E-state index contributed by atoms with van der Waals surface area (Å²) in [6, 6.07) is 6.35. The summed E-state index contributed by atoms with van der Waals surface area (Å²) in [6.07, 6.45) is 0. The first-order valence-electron chi connectivity index (χ1n) is 7.79. The molecule has 1 amide bonds. The molecule has 0 aliphatic carbocycles. The molecule has 3 rings (SSSR count). The zero-order chi connectivity index (χ0) is 21.3. The van der Waals surface area contributed by atoms with Crippen molar-refractivity contribution in [2.75, 3.05) is 19.5 Å². The van der Waals surface area contributed by atoms with Crippen molar-refractivity contribution in [2.24, 2.45) is 5.14 Å². The number of fused-ring (bicyclic) bond motifs is 1. The zero-order valence-electron chi connectivity index (χ0n) is 15.0. The highest BCUT2D eigenvalue weighted by Gasteiger charge is 2.25. The van der Waals surface area contributed by atoms with Gasteiger partial charge in [0, 0.05) is 6.07 Å². The molecule has 1 heterocycles. The van der Waals surface area contributed by atoms with Crippen LogP contribution in [0, 0.1) is 10.1 Å². The van der Waals surface area contributed by atoms with Crippen molar-refractivity contribution in [1.29, 1.82) is 0 Å². The molecule has 0 atom stereocenters. The number of nitrogens with zero attached hydrogens (tertiary/aromatic N) is 2. The van der Waals surface area contributed by atoms with Crippen LogP contribution in [0.15, 0.2) is 35.2 Å². The lowest BCUT2D eigenvalue weighted by molar-refractivity contribution is -0.385. The average molecular weight is 438 g/mol. The molecule has 29 heavy (non-hydrogen) atoms. The number of ether oxygens (including phenoxy) is 2. The molecule has 0 aliphatic rings. The van der Waals surface area contributed by atoms with Gasteiger partial charge in [-0.15, -0.1) is 0 Å². The molecular formula is C16H14N4O7S2. The number of methoxy groups -OCH3 is 2. The highest BCUT2D eigenvalue weighted by atomic mass is 32.2. The first-order chi connectivity index (χ1) is 13.6. The van der Waals surface area contributed by atoms with Gasteiger partial charge in [0.1, 0.15) is 5.56 Å². The maximum atomic E-state index is 12.6. The smallest absolute Gasteiger partial charge is 0.286 e. The van der Waals surface area contributed by atoms with Crippen molar-refractivity contribution < 1.29 is 27.6 Å². The molecule has 0 saturated carbocycles. The summed E-state index contributed by atoms with van der Waals surface area (Å²) < 4.78 is 33.5. The summed E-state index contributed by atoms with van der Waals surface area (Å²) in [5, 5.41) is 19.1. The fraction of sp³-hybridized carbons (Fsp3) is 0.125. The van der Waals surface area contributed by atoms with Crippen molar-refractivity contribution >= 4 is 48.3 Å². The van der Waals surface area contributed by atoms with Gasteiger partial charge in [0.15, 0.2) is 16.6 Å². The number of hydrogen-bond donors (Lipinski definition) is 2. The Morgan fingerprint density at radius 2 is 1.86 bits per heavy atom. The molecule has 0 radical (unpaired) electrons. The molecular weight excluding hydrogens is 424 g/mol. The van der Waals surface area contributed by atoms with E-state index in [1.807, 2.05) is 0 Å². The zero-order valence-corrected chi connectivity index (χ0v) is 16.7. The molecule has 11 nitrogen and oxygen atoms in total. The average Bonchev–Trinajstić information content (AvgIpc) is 3.07. The fourth-order valence-electron chi connectivity index (χ4n) is 2.50. The van der Waals surface area contributed by atoms with Crippen molar-refractivity contribution in [3.63, 3.8) is 0 Å². The van der Waals surface area contributed by atoms with E-state index in [1.54, 1.807) is 0 Å². The van der Waals surface area contributed by atoms with Crippen LogP contribution in [0.1, 0.15) is 10.4 Å². The van der Waals surface area contributed by atoms with E-state index in [4.69, 9.17) is 14.6 Å². The van der Waals surface area contributed by atoms with E-state index < -0.39 is 26.5 Å². The number of benzene rings is 2. The maximum absolute atomic E-state index is 12.6. The molecule has 0 saturated heterocycles. The minimum atomic E-state index is -3.89. The number of nitro benzene ring substituents is 1. The van der Waals surface area contributed by atoms with Gasteiger partial charge in [-0.2, -0.15) is 0 Å². The van der Waals surface area contributed by atoms with Crippen LogP contribution in [0.25, 0.3) is 10.2 Å². The van der Waals surface area contributed by atoms with E-state index in [-0.39, 0.29) is 27.1 Å². The summed E-state index contributed by atoms with van der Waals surface area (Å²) in [5.74, 6) is -0.542. The van der Waals surface area contributed by atoms with E-state index >= 15 is 0 Å². The van der Waals surface area contributed by atoms with Gasteiger partial charge in [-0.3, -0.25) is 20.2 Å². The third kappa shape index (κ3) is 4.11. The Morgan fingerprint density at radius 1 is 1.21 bits per heavy atom. The molecule has 13 heteroatoms. The van der Waals surface area contributed by atoms with Crippen LogP contribution in [0.2, 0.25) is 0 Å². The third-order valence-electron chi connectivity index (χ3n) is 3.85. The van der Waals surface area contributed by atoms with Crippen molar-refractivity contribution in [1.82, 2.24) is 4.98 Å². The Bertz CT molecular complexity index is 1240. The van der Waals surface area contributed by atoms with Crippen molar-refractivity contribution in [3.8, 4) is 11.5 Å². The Hall–Kier alpha value is -3.29. The monoisotopic (exact) mass is 438 g/mol. The normalized spacial score (nSPS) is 11.3. The van der Waals surface area contributed by atoms with Crippen LogP contribution in [0.4, 0.5) is 10.8 Å². The number of sulfonamides is 1. The first-order valence-corrected chi connectivity index (χ1v) is 10.2. The third-order valence-corrected chi connectivity index (χ3v) is 5.70. The molecule has 0 fully saturated rings. The van der Waals surface area contributed by atoms with E-state index in [9.17, 15) is 23.3 Å². The first kappa shape index (κ1) is 20.4. The van der Waals surface area contributed by atoms with Gasteiger partial charge in [0.05, 0.1) is 40.3 Å².